The Balaban J connectivity index is 1.59. The molecule has 2 aromatic rings. The van der Waals surface area contributed by atoms with E-state index in [4.69, 9.17) is 5.73 Å². The van der Waals surface area contributed by atoms with E-state index in [1.54, 1.807) is 23.7 Å². The van der Waals surface area contributed by atoms with Gasteiger partial charge in [-0.05, 0) is 37.4 Å². The first-order valence-electron chi connectivity index (χ1n) is 7.60. The molecule has 116 valence electrons. The van der Waals surface area contributed by atoms with Crippen molar-refractivity contribution in [3.8, 4) is 10.6 Å². The van der Waals surface area contributed by atoms with E-state index < -0.39 is 0 Å². The van der Waals surface area contributed by atoms with E-state index in [1.807, 2.05) is 17.5 Å². The highest BCUT2D eigenvalue weighted by molar-refractivity contribution is 7.13. The summed E-state index contributed by atoms with van der Waals surface area (Å²) in [4.78, 5) is 20.8. The first-order chi connectivity index (χ1) is 10.8. The van der Waals surface area contributed by atoms with Gasteiger partial charge in [0.2, 0.25) is 5.91 Å². The molecule has 2 heterocycles. The Morgan fingerprint density at radius 1 is 1.45 bits per heavy atom. The van der Waals surface area contributed by atoms with Gasteiger partial charge < -0.3 is 11.1 Å². The van der Waals surface area contributed by atoms with Crippen molar-refractivity contribution in [2.75, 3.05) is 6.54 Å². The smallest absolute Gasteiger partial charge is 0.226 e. The molecule has 2 aromatic heterocycles. The lowest BCUT2D eigenvalue weighted by Crippen LogP contribution is -2.40. The van der Waals surface area contributed by atoms with E-state index in [9.17, 15) is 4.79 Å². The summed E-state index contributed by atoms with van der Waals surface area (Å²) in [6.07, 6.45) is 7.14. The van der Waals surface area contributed by atoms with E-state index >= 15 is 0 Å². The molecule has 6 heteroatoms. The number of nitrogens with one attached hydrogen (secondary N) is 1. The first-order valence-corrected chi connectivity index (χ1v) is 8.48. The Kier molecular flexibility index (Phi) is 4.80. The van der Waals surface area contributed by atoms with Crippen molar-refractivity contribution < 1.29 is 4.79 Å². The molecule has 0 saturated heterocycles. The van der Waals surface area contributed by atoms with Crippen LogP contribution in [0.15, 0.2) is 29.9 Å². The van der Waals surface area contributed by atoms with Crippen molar-refractivity contribution >= 4 is 17.2 Å². The molecule has 0 bridgehead atoms. The van der Waals surface area contributed by atoms with Gasteiger partial charge in [-0.3, -0.25) is 9.78 Å². The lowest BCUT2D eigenvalue weighted by molar-refractivity contribution is -0.121. The average molecular weight is 316 g/mol. The Bertz CT molecular complexity index is 628. The lowest BCUT2D eigenvalue weighted by Gasteiger charge is -2.19. The van der Waals surface area contributed by atoms with E-state index in [1.165, 1.54) is 0 Å². The Morgan fingerprint density at radius 3 is 3.14 bits per heavy atom. The summed E-state index contributed by atoms with van der Waals surface area (Å²) in [7, 11) is 0. The largest absolute Gasteiger partial charge is 0.353 e. The number of carbonyl (C=O) groups is 1. The molecule has 1 aliphatic rings. The van der Waals surface area contributed by atoms with Crippen LogP contribution in [0.25, 0.3) is 10.6 Å². The molecule has 22 heavy (non-hydrogen) atoms. The van der Waals surface area contributed by atoms with Crippen LogP contribution in [0.2, 0.25) is 0 Å². The van der Waals surface area contributed by atoms with Crippen molar-refractivity contribution in [2.24, 2.45) is 11.7 Å². The number of pyridine rings is 1. The minimum Gasteiger partial charge on any atom is -0.353 e. The summed E-state index contributed by atoms with van der Waals surface area (Å²) in [5, 5.41) is 5.95. The second-order valence-corrected chi connectivity index (χ2v) is 6.52. The first kappa shape index (κ1) is 15.1. The highest BCUT2D eigenvalue weighted by atomic mass is 32.1. The molecule has 2 unspecified atom stereocenters. The molecule has 1 aliphatic carbocycles. The van der Waals surface area contributed by atoms with E-state index in [0.29, 0.717) is 18.9 Å². The van der Waals surface area contributed by atoms with E-state index in [-0.39, 0.29) is 11.9 Å². The summed E-state index contributed by atoms with van der Waals surface area (Å²) in [6, 6.07) is 4.09. The van der Waals surface area contributed by atoms with Crippen LogP contribution in [0.5, 0.6) is 0 Å². The van der Waals surface area contributed by atoms with Crippen molar-refractivity contribution in [1.29, 1.82) is 0 Å². The third kappa shape index (κ3) is 3.51. The van der Waals surface area contributed by atoms with Crippen LogP contribution in [-0.4, -0.2) is 28.5 Å². The van der Waals surface area contributed by atoms with Gasteiger partial charge in [0.05, 0.1) is 12.1 Å². The van der Waals surface area contributed by atoms with Gasteiger partial charge in [0, 0.05) is 29.4 Å². The van der Waals surface area contributed by atoms with Crippen LogP contribution in [0.1, 0.15) is 25.0 Å². The number of thiazole rings is 1. The van der Waals surface area contributed by atoms with Crippen molar-refractivity contribution in [2.45, 2.75) is 31.7 Å². The maximum atomic E-state index is 12.2. The third-order valence-electron chi connectivity index (χ3n) is 4.11. The standard InChI is InChI=1S/C16H20N4OS/c17-8-11-3-1-5-14(11)20-15(21)7-13-10-22-16(19-13)12-4-2-6-18-9-12/h2,4,6,9-11,14H,1,3,5,7-8,17H2,(H,20,21). The fourth-order valence-corrected chi connectivity index (χ4v) is 3.75. The predicted octanol–water partition coefficient (Wildman–Crippen LogP) is 1.99. The zero-order valence-corrected chi connectivity index (χ0v) is 13.2. The van der Waals surface area contributed by atoms with Crippen molar-refractivity contribution in [3.63, 3.8) is 0 Å². The van der Waals surface area contributed by atoms with Crippen LogP contribution in [-0.2, 0) is 11.2 Å². The number of carbonyl (C=O) groups excluding carboxylic acids is 1. The Morgan fingerprint density at radius 2 is 2.36 bits per heavy atom. The molecule has 1 amide bonds. The molecule has 5 nitrogen and oxygen atoms in total. The summed E-state index contributed by atoms with van der Waals surface area (Å²) < 4.78 is 0. The number of hydrogen-bond acceptors (Lipinski definition) is 5. The molecular weight excluding hydrogens is 296 g/mol. The van der Waals surface area contributed by atoms with E-state index in [2.05, 4.69) is 15.3 Å². The summed E-state index contributed by atoms with van der Waals surface area (Å²) in [6.45, 7) is 0.646. The number of rotatable bonds is 5. The Labute approximate surface area is 134 Å². The number of aromatic nitrogens is 2. The molecular formula is C16H20N4OS. The number of hydrogen-bond donors (Lipinski definition) is 2. The molecule has 1 fully saturated rings. The highest BCUT2D eigenvalue weighted by Gasteiger charge is 2.27. The summed E-state index contributed by atoms with van der Waals surface area (Å²) in [5.41, 5.74) is 7.55. The molecule has 0 spiro atoms. The molecule has 0 radical (unpaired) electrons. The number of amides is 1. The third-order valence-corrected chi connectivity index (χ3v) is 5.05. The molecule has 2 atom stereocenters. The zero-order chi connectivity index (χ0) is 15.4. The van der Waals surface area contributed by atoms with Crippen molar-refractivity contribution in [3.05, 3.63) is 35.6 Å². The second kappa shape index (κ2) is 6.98. The number of nitrogens with two attached hydrogens (primary N) is 1. The highest BCUT2D eigenvalue weighted by Crippen LogP contribution is 2.25. The fourth-order valence-electron chi connectivity index (χ4n) is 2.94. The summed E-state index contributed by atoms with van der Waals surface area (Å²) >= 11 is 1.54. The second-order valence-electron chi connectivity index (χ2n) is 5.66. The fraction of sp³-hybridized carbons (Fsp3) is 0.438. The quantitative estimate of drug-likeness (QED) is 0.884. The molecule has 0 aromatic carbocycles. The van der Waals surface area contributed by atoms with Crippen LogP contribution >= 0.6 is 11.3 Å². The topological polar surface area (TPSA) is 80.9 Å². The van der Waals surface area contributed by atoms with Gasteiger partial charge in [-0.2, -0.15) is 0 Å². The SMILES string of the molecule is NCC1CCCC1NC(=O)Cc1csc(-c2cccnc2)n1. The van der Waals surface area contributed by atoms with Crippen LogP contribution < -0.4 is 11.1 Å². The zero-order valence-electron chi connectivity index (χ0n) is 12.4. The van der Waals surface area contributed by atoms with Gasteiger partial charge in [0.25, 0.3) is 0 Å². The van der Waals surface area contributed by atoms with Gasteiger partial charge in [0.15, 0.2) is 0 Å². The maximum Gasteiger partial charge on any atom is 0.226 e. The van der Waals surface area contributed by atoms with Gasteiger partial charge >= 0.3 is 0 Å². The lowest BCUT2D eigenvalue weighted by atomic mass is 10.0. The molecule has 3 N–H and O–H groups in total. The molecule has 3 rings (SSSR count). The monoisotopic (exact) mass is 316 g/mol. The van der Waals surface area contributed by atoms with Crippen molar-refractivity contribution in [1.82, 2.24) is 15.3 Å². The van der Waals surface area contributed by atoms with Crippen LogP contribution in [0.4, 0.5) is 0 Å². The van der Waals surface area contributed by atoms with Gasteiger partial charge in [-0.15, -0.1) is 11.3 Å². The van der Waals surface area contributed by atoms with Gasteiger partial charge in [-0.25, -0.2) is 4.98 Å². The molecule has 1 saturated carbocycles. The van der Waals surface area contributed by atoms with E-state index in [0.717, 1.165) is 35.5 Å². The maximum absolute atomic E-state index is 12.2. The van der Waals surface area contributed by atoms with Crippen LogP contribution in [0, 0.1) is 5.92 Å². The summed E-state index contributed by atoms with van der Waals surface area (Å²) in [5.74, 6) is 0.457. The van der Waals surface area contributed by atoms with Crippen LogP contribution in [0.3, 0.4) is 0 Å². The normalized spacial score (nSPS) is 21.0. The number of nitrogens with zero attached hydrogens (tertiary/aromatic N) is 2. The minimum absolute atomic E-state index is 0.0355. The van der Waals surface area contributed by atoms with Gasteiger partial charge in [-0.1, -0.05) is 6.42 Å². The average Bonchev–Trinajstić information content (AvgIpc) is 3.17. The molecule has 0 aliphatic heterocycles. The predicted molar refractivity (Wildman–Crippen MR) is 87.4 cm³/mol. The Hall–Kier alpha value is -1.79. The van der Waals surface area contributed by atoms with Gasteiger partial charge in [0.1, 0.15) is 5.01 Å². The minimum atomic E-state index is 0.0355.